The minimum absolute atomic E-state index is 0.0339. The molecular formula is C11H13F3N2O. The second kappa shape index (κ2) is 5.07. The van der Waals surface area contributed by atoms with Crippen molar-refractivity contribution < 1.29 is 18.0 Å². The third-order valence-corrected chi connectivity index (χ3v) is 2.16. The zero-order chi connectivity index (χ0) is 13.1. The number of hydrogen-bond acceptors (Lipinski definition) is 2. The number of benzene rings is 1. The van der Waals surface area contributed by atoms with Crippen molar-refractivity contribution in [3.63, 3.8) is 0 Å². The lowest BCUT2D eigenvalue weighted by molar-refractivity contribution is -0.137. The Morgan fingerprint density at radius 2 is 2.06 bits per heavy atom. The molecule has 1 aromatic rings. The molecule has 0 saturated carbocycles. The third-order valence-electron chi connectivity index (χ3n) is 2.16. The summed E-state index contributed by atoms with van der Waals surface area (Å²) in [6, 6.07) is 2.70. The SMILES string of the molecule is CCCNC(=O)c1cc(C(F)(F)F)ccc1N. The monoisotopic (exact) mass is 246 g/mol. The van der Waals surface area contributed by atoms with Gasteiger partial charge < -0.3 is 11.1 Å². The van der Waals surface area contributed by atoms with E-state index in [2.05, 4.69) is 5.32 Å². The van der Waals surface area contributed by atoms with Gasteiger partial charge in [0.15, 0.2) is 0 Å². The minimum Gasteiger partial charge on any atom is -0.398 e. The van der Waals surface area contributed by atoms with E-state index >= 15 is 0 Å². The molecule has 1 aromatic carbocycles. The quantitative estimate of drug-likeness (QED) is 0.805. The van der Waals surface area contributed by atoms with E-state index in [-0.39, 0.29) is 11.3 Å². The van der Waals surface area contributed by atoms with Crippen LogP contribution in [0.5, 0.6) is 0 Å². The summed E-state index contributed by atoms with van der Waals surface area (Å²) in [5, 5.41) is 2.48. The fourth-order valence-electron chi connectivity index (χ4n) is 1.26. The number of carbonyl (C=O) groups is 1. The summed E-state index contributed by atoms with van der Waals surface area (Å²) in [7, 11) is 0. The number of nitrogen functional groups attached to an aromatic ring is 1. The molecule has 1 rings (SSSR count). The Morgan fingerprint density at radius 1 is 1.41 bits per heavy atom. The van der Waals surface area contributed by atoms with Gasteiger partial charge in [-0.25, -0.2) is 0 Å². The highest BCUT2D eigenvalue weighted by molar-refractivity contribution is 5.99. The number of alkyl halides is 3. The second-order valence-electron chi connectivity index (χ2n) is 3.56. The van der Waals surface area contributed by atoms with Gasteiger partial charge >= 0.3 is 6.18 Å². The van der Waals surface area contributed by atoms with E-state index in [1.807, 2.05) is 6.92 Å². The van der Waals surface area contributed by atoms with Gasteiger partial charge in [0.2, 0.25) is 0 Å². The fourth-order valence-corrected chi connectivity index (χ4v) is 1.26. The van der Waals surface area contributed by atoms with Crippen LogP contribution in [-0.2, 0) is 6.18 Å². The molecular weight excluding hydrogens is 233 g/mol. The molecule has 0 aliphatic carbocycles. The highest BCUT2D eigenvalue weighted by Crippen LogP contribution is 2.31. The van der Waals surface area contributed by atoms with Crippen molar-refractivity contribution in [1.29, 1.82) is 0 Å². The van der Waals surface area contributed by atoms with E-state index in [0.29, 0.717) is 13.0 Å². The topological polar surface area (TPSA) is 55.1 Å². The summed E-state index contributed by atoms with van der Waals surface area (Å²) in [5.41, 5.74) is 4.48. The molecule has 0 heterocycles. The van der Waals surface area contributed by atoms with Crippen LogP contribution in [0.3, 0.4) is 0 Å². The second-order valence-corrected chi connectivity index (χ2v) is 3.56. The zero-order valence-corrected chi connectivity index (χ0v) is 9.27. The Balaban J connectivity index is 3.02. The molecule has 17 heavy (non-hydrogen) atoms. The third kappa shape index (κ3) is 3.37. The smallest absolute Gasteiger partial charge is 0.398 e. The van der Waals surface area contributed by atoms with Gasteiger partial charge in [0, 0.05) is 12.2 Å². The molecule has 0 aliphatic heterocycles. The first-order valence-corrected chi connectivity index (χ1v) is 5.11. The maximum Gasteiger partial charge on any atom is 0.416 e. The van der Waals surface area contributed by atoms with Crippen LogP contribution >= 0.6 is 0 Å². The van der Waals surface area contributed by atoms with Crippen molar-refractivity contribution in [3.8, 4) is 0 Å². The van der Waals surface area contributed by atoms with Crippen LogP contribution in [0.2, 0.25) is 0 Å². The molecule has 6 heteroatoms. The van der Waals surface area contributed by atoms with Crippen molar-refractivity contribution >= 4 is 11.6 Å². The summed E-state index contributed by atoms with van der Waals surface area (Å²) in [6.45, 7) is 2.24. The van der Waals surface area contributed by atoms with Crippen molar-refractivity contribution in [2.75, 3.05) is 12.3 Å². The highest BCUT2D eigenvalue weighted by atomic mass is 19.4. The first-order chi connectivity index (χ1) is 7.86. The summed E-state index contributed by atoms with van der Waals surface area (Å²) in [4.78, 5) is 11.5. The van der Waals surface area contributed by atoms with E-state index in [9.17, 15) is 18.0 Å². The largest absolute Gasteiger partial charge is 0.416 e. The van der Waals surface area contributed by atoms with E-state index in [1.165, 1.54) is 0 Å². The zero-order valence-electron chi connectivity index (χ0n) is 9.27. The van der Waals surface area contributed by atoms with Crippen molar-refractivity contribution in [3.05, 3.63) is 29.3 Å². The molecule has 0 bridgehead atoms. The van der Waals surface area contributed by atoms with Gasteiger partial charge in [-0.2, -0.15) is 13.2 Å². The number of nitrogens with one attached hydrogen (secondary N) is 1. The predicted molar refractivity (Wildman–Crippen MR) is 58.5 cm³/mol. The molecule has 94 valence electrons. The summed E-state index contributed by atoms with van der Waals surface area (Å²) >= 11 is 0. The fraction of sp³-hybridized carbons (Fsp3) is 0.364. The molecule has 0 unspecified atom stereocenters. The Bertz CT molecular complexity index is 416. The van der Waals surface area contributed by atoms with Crippen molar-refractivity contribution in [1.82, 2.24) is 5.32 Å². The summed E-state index contributed by atoms with van der Waals surface area (Å²) in [5.74, 6) is -0.588. The Hall–Kier alpha value is -1.72. The Morgan fingerprint density at radius 3 is 2.59 bits per heavy atom. The molecule has 0 spiro atoms. The van der Waals surface area contributed by atoms with Crippen molar-refractivity contribution in [2.45, 2.75) is 19.5 Å². The van der Waals surface area contributed by atoms with Crippen LogP contribution in [0.1, 0.15) is 29.3 Å². The molecule has 1 amide bonds. The normalized spacial score (nSPS) is 11.3. The molecule has 0 radical (unpaired) electrons. The average molecular weight is 246 g/mol. The first-order valence-electron chi connectivity index (χ1n) is 5.11. The number of hydrogen-bond donors (Lipinski definition) is 2. The van der Waals surface area contributed by atoms with Gasteiger partial charge in [-0.1, -0.05) is 6.92 Å². The summed E-state index contributed by atoms with van der Waals surface area (Å²) in [6.07, 6.45) is -3.78. The van der Waals surface area contributed by atoms with E-state index < -0.39 is 17.6 Å². The molecule has 0 fully saturated rings. The molecule has 3 nitrogen and oxygen atoms in total. The Labute approximate surface area is 96.8 Å². The van der Waals surface area contributed by atoms with Gasteiger partial charge in [0.05, 0.1) is 11.1 Å². The maximum absolute atomic E-state index is 12.4. The number of halogens is 3. The van der Waals surface area contributed by atoms with Crippen LogP contribution in [-0.4, -0.2) is 12.5 Å². The van der Waals surface area contributed by atoms with Gasteiger partial charge in [-0.05, 0) is 24.6 Å². The number of anilines is 1. The number of rotatable bonds is 3. The van der Waals surface area contributed by atoms with Crippen LogP contribution in [0.4, 0.5) is 18.9 Å². The van der Waals surface area contributed by atoms with E-state index in [4.69, 9.17) is 5.73 Å². The number of amides is 1. The van der Waals surface area contributed by atoms with Gasteiger partial charge in [0.25, 0.3) is 5.91 Å². The molecule has 0 aliphatic rings. The van der Waals surface area contributed by atoms with Crippen LogP contribution in [0, 0.1) is 0 Å². The van der Waals surface area contributed by atoms with Gasteiger partial charge in [0.1, 0.15) is 0 Å². The minimum atomic E-state index is -4.48. The van der Waals surface area contributed by atoms with Gasteiger partial charge in [-0.15, -0.1) is 0 Å². The maximum atomic E-state index is 12.4. The lowest BCUT2D eigenvalue weighted by Gasteiger charge is -2.11. The van der Waals surface area contributed by atoms with Crippen LogP contribution < -0.4 is 11.1 Å². The lowest BCUT2D eigenvalue weighted by atomic mass is 10.1. The van der Waals surface area contributed by atoms with Gasteiger partial charge in [-0.3, -0.25) is 4.79 Å². The van der Waals surface area contributed by atoms with E-state index in [0.717, 1.165) is 18.2 Å². The average Bonchev–Trinajstić information content (AvgIpc) is 2.24. The predicted octanol–water partition coefficient (Wildman–Crippen LogP) is 2.43. The van der Waals surface area contributed by atoms with E-state index in [1.54, 1.807) is 0 Å². The molecule has 0 aromatic heterocycles. The summed E-state index contributed by atoms with van der Waals surface area (Å²) < 4.78 is 37.3. The van der Waals surface area contributed by atoms with Crippen LogP contribution in [0.15, 0.2) is 18.2 Å². The lowest BCUT2D eigenvalue weighted by Crippen LogP contribution is -2.25. The van der Waals surface area contributed by atoms with Crippen molar-refractivity contribution in [2.24, 2.45) is 0 Å². The molecule has 0 atom stereocenters. The molecule has 3 N–H and O–H groups in total. The number of nitrogens with two attached hydrogens (primary N) is 1. The first kappa shape index (κ1) is 13.3. The molecule has 0 saturated heterocycles. The highest BCUT2D eigenvalue weighted by Gasteiger charge is 2.31. The van der Waals surface area contributed by atoms with Crippen LogP contribution in [0.25, 0.3) is 0 Å². The Kier molecular flexibility index (Phi) is 3.98. The number of carbonyl (C=O) groups excluding carboxylic acids is 1. The standard InChI is InChI=1S/C11H13F3N2O/c1-2-5-16-10(17)8-6-7(11(12,13)14)3-4-9(8)15/h3-4,6H,2,5,15H2,1H3,(H,16,17).